The maximum absolute atomic E-state index is 11.6. The highest BCUT2D eigenvalue weighted by Gasteiger charge is 2.31. The van der Waals surface area contributed by atoms with E-state index in [1.54, 1.807) is 0 Å². The summed E-state index contributed by atoms with van der Waals surface area (Å²) in [5.41, 5.74) is -0.581. The second-order valence-electron chi connectivity index (χ2n) is 1.58. The fourth-order valence-electron chi connectivity index (χ4n) is 0.519. The second kappa shape index (κ2) is 2.90. The molecule has 0 aliphatic carbocycles. The molecule has 0 saturated heterocycles. The molecule has 53 valence electrons. The van der Waals surface area contributed by atoms with Gasteiger partial charge < -0.3 is 0 Å². The van der Waals surface area contributed by atoms with E-state index in [1.807, 2.05) is 0 Å². The number of allylic oxidation sites excluding steroid dienone is 2. The van der Waals surface area contributed by atoms with Crippen molar-refractivity contribution in [1.82, 2.24) is 0 Å². The highest BCUT2D eigenvalue weighted by atomic mass is 19.4. The van der Waals surface area contributed by atoms with Gasteiger partial charge in [-0.05, 0) is 19.4 Å². The van der Waals surface area contributed by atoms with Gasteiger partial charge in [0.05, 0.1) is 0 Å². The summed E-state index contributed by atoms with van der Waals surface area (Å²) in [7, 11) is 0. The average molecular weight is 137 g/mol. The number of hydrogen-bond acceptors (Lipinski definition) is 0. The van der Waals surface area contributed by atoms with Crippen molar-refractivity contribution in [3.63, 3.8) is 0 Å². The van der Waals surface area contributed by atoms with Crippen LogP contribution in [0, 0.1) is 6.08 Å². The van der Waals surface area contributed by atoms with E-state index in [4.69, 9.17) is 0 Å². The number of halogens is 3. The first-order chi connectivity index (χ1) is 4.02. The molecular weight excluding hydrogens is 129 g/mol. The topological polar surface area (TPSA) is 0 Å². The standard InChI is InChI=1S/C6H8F3/c1-3-5(4-2)6(7,8)9/h3H2,1-2H3. The highest BCUT2D eigenvalue weighted by Crippen LogP contribution is 2.26. The van der Waals surface area contributed by atoms with Crippen LogP contribution in [0.25, 0.3) is 0 Å². The van der Waals surface area contributed by atoms with Crippen LogP contribution in [-0.4, -0.2) is 6.18 Å². The second-order valence-corrected chi connectivity index (χ2v) is 1.58. The Labute approximate surface area is 52.4 Å². The van der Waals surface area contributed by atoms with Crippen LogP contribution in [0.15, 0.2) is 5.57 Å². The molecule has 1 radical (unpaired) electrons. The molecule has 0 unspecified atom stereocenters. The van der Waals surface area contributed by atoms with E-state index < -0.39 is 11.7 Å². The third-order valence-electron chi connectivity index (χ3n) is 0.998. The van der Waals surface area contributed by atoms with E-state index in [-0.39, 0.29) is 6.42 Å². The van der Waals surface area contributed by atoms with Crippen LogP contribution in [0.5, 0.6) is 0 Å². The summed E-state index contributed by atoms with van der Waals surface area (Å²) < 4.78 is 34.9. The van der Waals surface area contributed by atoms with Crippen LogP contribution in [-0.2, 0) is 0 Å². The van der Waals surface area contributed by atoms with E-state index >= 15 is 0 Å². The Morgan fingerprint density at radius 1 is 1.44 bits per heavy atom. The molecule has 0 spiro atoms. The lowest BCUT2D eigenvalue weighted by Crippen LogP contribution is -2.10. The third-order valence-corrected chi connectivity index (χ3v) is 0.998. The zero-order valence-corrected chi connectivity index (χ0v) is 5.34. The minimum atomic E-state index is -4.18. The fraction of sp³-hybridized carbons (Fsp3) is 0.667. The predicted molar refractivity (Wildman–Crippen MR) is 28.8 cm³/mol. The van der Waals surface area contributed by atoms with Gasteiger partial charge in [-0.1, -0.05) is 6.92 Å². The molecule has 0 saturated carbocycles. The van der Waals surface area contributed by atoms with Gasteiger partial charge in [0.15, 0.2) is 0 Å². The molecule has 0 heterocycles. The van der Waals surface area contributed by atoms with Gasteiger partial charge in [0.1, 0.15) is 0 Å². The van der Waals surface area contributed by atoms with E-state index in [0.717, 1.165) is 0 Å². The molecular formula is C6H8F3. The summed E-state index contributed by atoms with van der Waals surface area (Å²) in [6, 6.07) is 0. The summed E-state index contributed by atoms with van der Waals surface area (Å²) in [5, 5.41) is 0. The summed E-state index contributed by atoms with van der Waals surface area (Å²) in [4.78, 5) is 0. The minimum absolute atomic E-state index is 0. The van der Waals surface area contributed by atoms with Crippen LogP contribution in [0.1, 0.15) is 20.3 Å². The number of hydrogen-bond donors (Lipinski definition) is 0. The molecule has 0 fully saturated rings. The van der Waals surface area contributed by atoms with Crippen molar-refractivity contribution in [2.24, 2.45) is 0 Å². The lowest BCUT2D eigenvalue weighted by Gasteiger charge is -2.06. The van der Waals surface area contributed by atoms with Crippen molar-refractivity contribution in [2.75, 3.05) is 0 Å². The average Bonchev–Trinajstić information content (AvgIpc) is 1.65. The van der Waals surface area contributed by atoms with Crippen molar-refractivity contribution >= 4 is 0 Å². The molecule has 0 rings (SSSR count). The van der Waals surface area contributed by atoms with Crippen LogP contribution >= 0.6 is 0 Å². The first-order valence-corrected chi connectivity index (χ1v) is 2.63. The quantitative estimate of drug-likeness (QED) is 0.521. The Morgan fingerprint density at radius 2 is 1.89 bits per heavy atom. The normalized spacial score (nSPS) is 14.1. The van der Waals surface area contributed by atoms with Crippen molar-refractivity contribution in [2.45, 2.75) is 26.4 Å². The van der Waals surface area contributed by atoms with Gasteiger partial charge in [0.25, 0.3) is 0 Å². The lowest BCUT2D eigenvalue weighted by atomic mass is 10.2. The molecule has 0 aromatic rings. The van der Waals surface area contributed by atoms with Gasteiger partial charge in [-0.25, -0.2) is 0 Å². The molecule has 0 aliphatic rings. The van der Waals surface area contributed by atoms with Crippen molar-refractivity contribution in [1.29, 1.82) is 0 Å². The van der Waals surface area contributed by atoms with Crippen LogP contribution in [0.2, 0.25) is 0 Å². The van der Waals surface area contributed by atoms with Gasteiger partial charge in [-0.3, -0.25) is 0 Å². The van der Waals surface area contributed by atoms with E-state index in [9.17, 15) is 13.2 Å². The lowest BCUT2D eigenvalue weighted by molar-refractivity contribution is -0.0941. The Bertz CT molecular complexity index is 110. The third kappa shape index (κ3) is 2.54. The Hall–Kier alpha value is -0.470. The summed E-state index contributed by atoms with van der Waals surface area (Å²) >= 11 is 0. The largest absolute Gasteiger partial charge is 0.412 e. The van der Waals surface area contributed by atoms with E-state index in [2.05, 4.69) is 6.08 Å². The molecule has 9 heavy (non-hydrogen) atoms. The fourth-order valence-corrected chi connectivity index (χ4v) is 0.519. The smallest absolute Gasteiger partial charge is 0.166 e. The molecule has 0 nitrogen and oxygen atoms in total. The van der Waals surface area contributed by atoms with Crippen molar-refractivity contribution in [3.8, 4) is 0 Å². The van der Waals surface area contributed by atoms with E-state index in [0.29, 0.717) is 0 Å². The van der Waals surface area contributed by atoms with Gasteiger partial charge in [-0.2, -0.15) is 13.2 Å². The monoisotopic (exact) mass is 137 g/mol. The van der Waals surface area contributed by atoms with Crippen LogP contribution in [0.3, 0.4) is 0 Å². The molecule has 0 amide bonds. The predicted octanol–water partition coefficient (Wildman–Crippen LogP) is 2.71. The summed E-state index contributed by atoms with van der Waals surface area (Å²) in [6.07, 6.45) is -2.09. The molecule has 0 aromatic heterocycles. The minimum Gasteiger partial charge on any atom is -0.166 e. The van der Waals surface area contributed by atoms with Gasteiger partial charge >= 0.3 is 6.18 Å². The van der Waals surface area contributed by atoms with Crippen molar-refractivity contribution in [3.05, 3.63) is 11.6 Å². The zero-order chi connectivity index (χ0) is 7.49. The Morgan fingerprint density at radius 3 is 1.89 bits per heavy atom. The molecule has 0 aliphatic heterocycles. The highest BCUT2D eigenvalue weighted by molar-refractivity contribution is 5.02. The van der Waals surface area contributed by atoms with Gasteiger partial charge in [0.2, 0.25) is 0 Å². The Kier molecular flexibility index (Phi) is 2.74. The number of rotatable bonds is 1. The molecule has 3 heteroatoms. The molecule has 0 bridgehead atoms. The summed E-state index contributed by atoms with van der Waals surface area (Å²) in [6.45, 7) is 2.73. The Balaban J connectivity index is 4.14. The molecule has 0 aromatic carbocycles. The maximum atomic E-state index is 11.6. The molecule has 0 N–H and O–H groups in total. The van der Waals surface area contributed by atoms with Crippen LogP contribution in [0.4, 0.5) is 13.2 Å². The van der Waals surface area contributed by atoms with Gasteiger partial charge in [-0.15, -0.1) is 0 Å². The van der Waals surface area contributed by atoms with Gasteiger partial charge in [0, 0.05) is 5.57 Å². The van der Waals surface area contributed by atoms with Crippen molar-refractivity contribution < 1.29 is 13.2 Å². The SMILES string of the molecule is C/[C]=C(/CC)C(F)(F)F. The summed E-state index contributed by atoms with van der Waals surface area (Å²) in [5.74, 6) is 0. The maximum Gasteiger partial charge on any atom is 0.412 e. The van der Waals surface area contributed by atoms with Crippen LogP contribution < -0.4 is 0 Å². The number of alkyl halides is 3. The van der Waals surface area contributed by atoms with E-state index in [1.165, 1.54) is 13.8 Å². The first-order valence-electron chi connectivity index (χ1n) is 2.63. The zero-order valence-electron chi connectivity index (χ0n) is 5.34. The molecule has 0 atom stereocenters. The first kappa shape index (κ1) is 8.53.